The Morgan fingerprint density at radius 3 is 2.75 bits per heavy atom. The minimum atomic E-state index is -2.70. The first-order chi connectivity index (χ1) is 6.10. The Labute approximate surface area is 58.1 Å². The minimum absolute atomic E-state index is 0.00694. The molecule has 0 aliphatic rings. The van der Waals surface area contributed by atoms with E-state index in [0.717, 1.165) is 0 Å². The van der Waals surface area contributed by atoms with Crippen molar-refractivity contribution in [3.05, 3.63) is 11.1 Å². The predicted octanol–water partition coefficient (Wildman–Crippen LogP) is 1.83. The average molecular weight is 122 g/mol. The third-order valence-corrected chi connectivity index (χ3v) is 0.708. The fourth-order valence-electron chi connectivity index (χ4n) is 0.169. The molecular weight excluding hydrogens is 104 g/mol. The summed E-state index contributed by atoms with van der Waals surface area (Å²) in [6.07, 6.45) is 0. The van der Waals surface area contributed by atoms with Crippen molar-refractivity contribution in [3.8, 4) is 0 Å². The lowest BCUT2D eigenvalue weighted by Crippen LogP contribution is -1.91. The van der Waals surface area contributed by atoms with Gasteiger partial charge in [-0.25, -0.2) is 4.89 Å². The van der Waals surface area contributed by atoms with Crippen molar-refractivity contribution in [3.63, 3.8) is 0 Å². The molecule has 0 unspecified atom stereocenters. The molecule has 2 heteroatoms. The molecule has 2 nitrogen and oxygen atoms in total. The van der Waals surface area contributed by atoms with Gasteiger partial charge in [-0.15, -0.1) is 0 Å². The Hall–Kier alpha value is -0.340. The predicted molar refractivity (Wildman–Crippen MR) is 32.6 cm³/mol. The van der Waals surface area contributed by atoms with Crippen LogP contribution in [0, 0.1) is 0 Å². The number of hydrogen-bond acceptors (Lipinski definition) is 2. The van der Waals surface area contributed by atoms with Crippen molar-refractivity contribution >= 4 is 0 Å². The zero-order valence-corrected chi connectivity index (χ0v) is 4.56. The van der Waals surface area contributed by atoms with Crippen molar-refractivity contribution < 1.29 is 18.4 Å². The topological polar surface area (TPSA) is 29.5 Å². The summed E-state index contributed by atoms with van der Waals surface area (Å²) in [6, 6.07) is 0. The van der Waals surface area contributed by atoms with E-state index in [1.165, 1.54) is 6.92 Å². The Kier molecular flexibility index (Phi) is 0.964. The van der Waals surface area contributed by atoms with Crippen molar-refractivity contribution in [2.24, 2.45) is 0 Å². The summed E-state index contributed by atoms with van der Waals surface area (Å²) < 4.78 is 42.2. The van der Waals surface area contributed by atoms with Crippen LogP contribution in [-0.2, 0) is 4.89 Å². The molecule has 0 aromatic rings. The first kappa shape index (κ1) is 2.12. The second kappa shape index (κ2) is 3.64. The van der Waals surface area contributed by atoms with Gasteiger partial charge in [-0.3, -0.25) is 5.26 Å². The maximum atomic E-state index is 8.12. The molecular formula is C6H12O2. The van der Waals surface area contributed by atoms with Gasteiger partial charge in [-0.1, -0.05) is 5.57 Å². The fourth-order valence-corrected chi connectivity index (χ4v) is 0.169. The van der Waals surface area contributed by atoms with E-state index in [0.29, 0.717) is 0 Å². The zero-order chi connectivity index (χ0) is 11.6. The average Bonchev–Trinajstić information content (AvgIpc) is 1.78. The molecule has 0 amide bonds. The van der Waals surface area contributed by atoms with Crippen molar-refractivity contribution in [1.29, 1.82) is 0 Å². The van der Waals surface area contributed by atoms with Gasteiger partial charge in [0, 0.05) is 8.22 Å². The molecule has 1 N–H and O–H groups in total. The van der Waals surface area contributed by atoms with Crippen molar-refractivity contribution in [2.75, 3.05) is 6.61 Å². The molecule has 0 rings (SSSR count). The van der Waals surface area contributed by atoms with Gasteiger partial charge in [0.2, 0.25) is 0 Å². The summed E-state index contributed by atoms with van der Waals surface area (Å²) in [7, 11) is 0. The lowest BCUT2D eigenvalue weighted by Gasteiger charge is -1.97. The zero-order valence-electron chi connectivity index (χ0n) is 10.6. The van der Waals surface area contributed by atoms with Crippen molar-refractivity contribution in [2.45, 2.75) is 20.6 Å². The van der Waals surface area contributed by atoms with E-state index >= 15 is 0 Å². The monoisotopic (exact) mass is 122 g/mol. The molecule has 0 fully saturated rings. The SMILES string of the molecule is [2H]C([2H])([2H])C(=C(C)COO)C([2H])([2H])[2H]. The molecule has 48 valence electrons. The van der Waals surface area contributed by atoms with Gasteiger partial charge in [0.05, 0.1) is 0 Å². The van der Waals surface area contributed by atoms with Crippen LogP contribution >= 0.6 is 0 Å². The number of rotatable bonds is 2. The highest BCUT2D eigenvalue weighted by Crippen LogP contribution is 2.00. The Morgan fingerprint density at radius 1 is 1.75 bits per heavy atom. The first-order valence-corrected chi connectivity index (χ1v) is 2.07. The summed E-state index contributed by atoms with van der Waals surface area (Å²) in [5, 5.41) is 8.12. The van der Waals surface area contributed by atoms with Crippen LogP contribution in [0.15, 0.2) is 11.1 Å². The van der Waals surface area contributed by atoms with Crippen LogP contribution in [0.1, 0.15) is 28.9 Å². The maximum Gasteiger partial charge on any atom is 0.103 e. The van der Waals surface area contributed by atoms with Crippen LogP contribution in [0.3, 0.4) is 0 Å². The second-order valence-electron chi connectivity index (χ2n) is 1.43. The summed E-state index contributed by atoms with van der Waals surface area (Å²) in [6.45, 7) is -4.53. The van der Waals surface area contributed by atoms with Gasteiger partial charge in [0.1, 0.15) is 6.61 Å². The van der Waals surface area contributed by atoms with Gasteiger partial charge >= 0.3 is 0 Å². The quantitative estimate of drug-likeness (QED) is 0.344. The van der Waals surface area contributed by atoms with E-state index in [1.807, 2.05) is 0 Å². The lowest BCUT2D eigenvalue weighted by molar-refractivity contribution is -0.234. The van der Waals surface area contributed by atoms with Gasteiger partial charge < -0.3 is 0 Å². The molecule has 0 aromatic heterocycles. The van der Waals surface area contributed by atoms with Crippen LogP contribution < -0.4 is 0 Å². The molecule has 0 aliphatic heterocycles. The summed E-state index contributed by atoms with van der Waals surface area (Å²) in [4.78, 5) is 3.72. The van der Waals surface area contributed by atoms with Gasteiger partial charge in [0.15, 0.2) is 0 Å². The molecule has 0 spiro atoms. The van der Waals surface area contributed by atoms with Crippen LogP contribution in [0.25, 0.3) is 0 Å². The highest BCUT2D eigenvalue weighted by Gasteiger charge is 1.88. The van der Waals surface area contributed by atoms with E-state index in [4.69, 9.17) is 13.5 Å². The van der Waals surface area contributed by atoms with E-state index in [9.17, 15) is 0 Å². The standard InChI is InChI=1S/C6H12O2/c1-5(2)6(3)4-8-7/h7H,4H2,1-3H3/i1D3,2D3. The number of allylic oxidation sites excluding steroid dienone is 1. The first-order valence-electron chi connectivity index (χ1n) is 5.07. The molecule has 0 atom stereocenters. The van der Waals surface area contributed by atoms with E-state index in [2.05, 4.69) is 4.89 Å². The van der Waals surface area contributed by atoms with E-state index in [-0.39, 0.29) is 5.57 Å². The Bertz CT molecular complexity index is 209. The summed E-state index contributed by atoms with van der Waals surface area (Å²) >= 11 is 0. The van der Waals surface area contributed by atoms with Crippen LogP contribution in [-0.4, -0.2) is 11.9 Å². The van der Waals surface area contributed by atoms with Crippen LogP contribution in [0.5, 0.6) is 0 Å². The number of hydrogen-bond donors (Lipinski definition) is 1. The minimum Gasteiger partial charge on any atom is -0.251 e. The summed E-state index contributed by atoms with van der Waals surface area (Å²) in [5.74, 6) is 0. The summed E-state index contributed by atoms with van der Waals surface area (Å²) in [5.41, 5.74) is -0.661. The third-order valence-electron chi connectivity index (χ3n) is 0.708. The van der Waals surface area contributed by atoms with E-state index in [1.54, 1.807) is 0 Å². The second-order valence-corrected chi connectivity index (χ2v) is 1.43. The molecule has 0 bridgehead atoms. The van der Waals surface area contributed by atoms with Crippen LogP contribution in [0.4, 0.5) is 0 Å². The lowest BCUT2D eigenvalue weighted by atomic mass is 10.2. The molecule has 0 heterocycles. The smallest absolute Gasteiger partial charge is 0.103 e. The largest absolute Gasteiger partial charge is 0.251 e. The fraction of sp³-hybridized carbons (Fsp3) is 0.667. The van der Waals surface area contributed by atoms with E-state index < -0.39 is 25.9 Å². The Morgan fingerprint density at radius 2 is 2.38 bits per heavy atom. The molecule has 8 heavy (non-hydrogen) atoms. The van der Waals surface area contributed by atoms with Gasteiger partial charge in [0.25, 0.3) is 0 Å². The van der Waals surface area contributed by atoms with Crippen LogP contribution in [0.2, 0.25) is 0 Å². The van der Waals surface area contributed by atoms with Gasteiger partial charge in [-0.2, -0.15) is 0 Å². The highest BCUT2D eigenvalue weighted by molar-refractivity contribution is 5.06. The third kappa shape index (κ3) is 2.77. The van der Waals surface area contributed by atoms with Crippen molar-refractivity contribution in [1.82, 2.24) is 0 Å². The van der Waals surface area contributed by atoms with Gasteiger partial charge in [-0.05, 0) is 26.2 Å². The molecule has 0 aromatic carbocycles. The Balaban J connectivity index is 5.22. The maximum absolute atomic E-state index is 8.12. The molecule has 0 saturated carbocycles. The molecule has 0 aliphatic carbocycles. The molecule has 0 radical (unpaired) electrons. The normalized spacial score (nSPS) is 23.2. The highest BCUT2D eigenvalue weighted by atomic mass is 17.1. The molecule has 0 saturated heterocycles.